The van der Waals surface area contributed by atoms with Crippen molar-refractivity contribution in [1.82, 2.24) is 0 Å². The van der Waals surface area contributed by atoms with Gasteiger partial charge in [-0.2, -0.15) is 0 Å². The summed E-state index contributed by atoms with van der Waals surface area (Å²) in [4.78, 5) is 27.5. The molecular weight excluding hydrogens is 436 g/mol. The third kappa shape index (κ3) is 4.83. The summed E-state index contributed by atoms with van der Waals surface area (Å²) in [5.41, 5.74) is 5.17. The van der Waals surface area contributed by atoms with E-state index in [1.54, 1.807) is 44.2 Å². The molecule has 0 radical (unpaired) electrons. The fourth-order valence-electron chi connectivity index (χ4n) is 3.92. The minimum atomic E-state index is -0.272. The van der Waals surface area contributed by atoms with Crippen LogP contribution in [-0.2, 0) is 4.79 Å². The quantitative estimate of drug-likeness (QED) is 0.535. The molecule has 7 heteroatoms. The molecule has 0 aromatic heterocycles. The van der Waals surface area contributed by atoms with Gasteiger partial charge in [-0.15, -0.1) is 11.8 Å². The summed E-state index contributed by atoms with van der Waals surface area (Å²) >= 11 is 1.58. The van der Waals surface area contributed by atoms with Crippen LogP contribution in [-0.4, -0.2) is 31.8 Å². The summed E-state index contributed by atoms with van der Waals surface area (Å²) in [7, 11) is 3.09. The van der Waals surface area contributed by atoms with Crippen molar-refractivity contribution < 1.29 is 19.1 Å². The van der Waals surface area contributed by atoms with Gasteiger partial charge in [-0.3, -0.25) is 14.5 Å². The first-order valence-corrected chi connectivity index (χ1v) is 11.6. The molecule has 1 aliphatic heterocycles. The zero-order valence-electron chi connectivity index (χ0n) is 19.0. The van der Waals surface area contributed by atoms with Crippen LogP contribution in [0, 0.1) is 13.8 Å². The maximum absolute atomic E-state index is 12.9. The summed E-state index contributed by atoms with van der Waals surface area (Å²) in [6.07, 6.45) is 0. The second kappa shape index (κ2) is 9.58. The van der Waals surface area contributed by atoms with E-state index in [-0.39, 0.29) is 17.2 Å². The largest absolute Gasteiger partial charge is 0.497 e. The Labute approximate surface area is 197 Å². The van der Waals surface area contributed by atoms with Crippen LogP contribution in [0.4, 0.5) is 11.4 Å². The van der Waals surface area contributed by atoms with E-state index in [4.69, 9.17) is 9.47 Å². The smallest absolute Gasteiger partial charge is 0.255 e. The number of carbonyl (C=O) groups is 2. The SMILES string of the molecule is COc1cc(OC)cc(C(=O)Nc2cccc([C@H]3SCC(=O)N3c3ccc(C)cc3C)c2)c1. The minimum Gasteiger partial charge on any atom is -0.497 e. The molecule has 6 nitrogen and oxygen atoms in total. The third-order valence-corrected chi connectivity index (χ3v) is 6.74. The van der Waals surface area contributed by atoms with Crippen LogP contribution in [0.15, 0.2) is 60.7 Å². The molecular formula is C26H26N2O4S. The van der Waals surface area contributed by atoms with Crippen molar-refractivity contribution >= 4 is 35.0 Å². The predicted octanol–water partition coefficient (Wildman–Crippen LogP) is 5.35. The summed E-state index contributed by atoms with van der Waals surface area (Å²) in [5, 5.41) is 2.79. The molecule has 4 rings (SSSR count). The van der Waals surface area contributed by atoms with Gasteiger partial charge in [0.1, 0.15) is 16.9 Å². The van der Waals surface area contributed by atoms with Gasteiger partial charge in [-0.25, -0.2) is 0 Å². The van der Waals surface area contributed by atoms with Crippen molar-refractivity contribution in [3.63, 3.8) is 0 Å². The lowest BCUT2D eigenvalue weighted by molar-refractivity contribution is -0.115. The predicted molar refractivity (Wildman–Crippen MR) is 133 cm³/mol. The Morgan fingerprint density at radius 2 is 1.73 bits per heavy atom. The van der Waals surface area contributed by atoms with Gasteiger partial charge in [0, 0.05) is 23.0 Å². The second-order valence-electron chi connectivity index (χ2n) is 7.90. The van der Waals surface area contributed by atoms with E-state index in [0.29, 0.717) is 28.5 Å². The van der Waals surface area contributed by atoms with E-state index in [1.165, 1.54) is 0 Å². The number of methoxy groups -OCH3 is 2. The lowest BCUT2D eigenvalue weighted by Crippen LogP contribution is -2.28. The molecule has 0 unspecified atom stereocenters. The lowest BCUT2D eigenvalue weighted by Gasteiger charge is -2.26. The number of nitrogens with one attached hydrogen (secondary N) is 1. The molecule has 1 aliphatic rings. The topological polar surface area (TPSA) is 67.9 Å². The van der Waals surface area contributed by atoms with Crippen molar-refractivity contribution in [3.8, 4) is 11.5 Å². The molecule has 1 N–H and O–H groups in total. The molecule has 170 valence electrons. The highest BCUT2D eigenvalue weighted by Crippen LogP contribution is 2.43. The molecule has 1 heterocycles. The molecule has 2 amide bonds. The van der Waals surface area contributed by atoms with Crippen molar-refractivity contribution in [2.75, 3.05) is 30.2 Å². The first-order chi connectivity index (χ1) is 15.9. The van der Waals surface area contributed by atoms with Crippen LogP contribution in [0.5, 0.6) is 11.5 Å². The molecule has 3 aromatic carbocycles. The molecule has 0 bridgehead atoms. The van der Waals surface area contributed by atoms with Gasteiger partial charge < -0.3 is 14.8 Å². The van der Waals surface area contributed by atoms with Crippen LogP contribution in [0.2, 0.25) is 0 Å². The van der Waals surface area contributed by atoms with Gasteiger partial charge >= 0.3 is 0 Å². The van der Waals surface area contributed by atoms with E-state index in [9.17, 15) is 9.59 Å². The van der Waals surface area contributed by atoms with Gasteiger partial charge in [0.05, 0.1) is 20.0 Å². The average molecular weight is 463 g/mol. The monoisotopic (exact) mass is 462 g/mol. The normalized spacial score (nSPS) is 15.5. The number of thioether (sulfide) groups is 1. The van der Waals surface area contributed by atoms with Crippen LogP contribution in [0.1, 0.15) is 32.4 Å². The number of benzene rings is 3. The third-order valence-electron chi connectivity index (χ3n) is 5.52. The Kier molecular flexibility index (Phi) is 6.60. The van der Waals surface area contributed by atoms with Crippen molar-refractivity contribution in [2.24, 2.45) is 0 Å². The van der Waals surface area contributed by atoms with Crippen molar-refractivity contribution in [3.05, 3.63) is 82.9 Å². The van der Waals surface area contributed by atoms with Crippen LogP contribution in [0.25, 0.3) is 0 Å². The number of anilines is 2. The number of hydrogen-bond donors (Lipinski definition) is 1. The number of aryl methyl sites for hydroxylation is 2. The Morgan fingerprint density at radius 1 is 1.00 bits per heavy atom. The summed E-state index contributed by atoms with van der Waals surface area (Å²) < 4.78 is 10.5. The number of carbonyl (C=O) groups excluding carboxylic acids is 2. The molecule has 3 aromatic rings. The summed E-state index contributed by atoms with van der Waals surface area (Å²) in [6, 6.07) is 18.8. The molecule has 1 atom stereocenters. The van der Waals surface area contributed by atoms with Gasteiger partial charge in [-0.1, -0.05) is 29.8 Å². The van der Waals surface area contributed by atoms with Crippen LogP contribution in [0.3, 0.4) is 0 Å². The molecule has 0 saturated carbocycles. The highest BCUT2D eigenvalue weighted by atomic mass is 32.2. The number of amides is 2. The maximum atomic E-state index is 12.9. The van der Waals surface area contributed by atoms with E-state index in [2.05, 4.69) is 11.4 Å². The number of ether oxygens (including phenoxy) is 2. The maximum Gasteiger partial charge on any atom is 0.255 e. The van der Waals surface area contributed by atoms with E-state index in [1.807, 2.05) is 55.1 Å². The molecule has 1 fully saturated rings. The first-order valence-electron chi connectivity index (χ1n) is 10.5. The van der Waals surface area contributed by atoms with Crippen LogP contribution < -0.4 is 19.7 Å². The van der Waals surface area contributed by atoms with Gasteiger partial charge in [0.25, 0.3) is 5.91 Å². The number of rotatable bonds is 6. The fourth-order valence-corrected chi connectivity index (χ4v) is 5.08. The standard InChI is InChI=1S/C26H26N2O4S/c1-16-8-9-23(17(2)10-16)28-24(29)15-33-26(28)18-6-5-7-20(11-18)27-25(30)19-12-21(31-3)14-22(13-19)32-4/h5-14,26H,15H2,1-4H3,(H,27,30)/t26-/m1/s1. The van der Waals surface area contributed by atoms with Gasteiger partial charge in [0.15, 0.2) is 0 Å². The highest BCUT2D eigenvalue weighted by molar-refractivity contribution is 8.00. The number of hydrogen-bond acceptors (Lipinski definition) is 5. The van der Waals surface area contributed by atoms with E-state index in [0.717, 1.165) is 22.4 Å². The van der Waals surface area contributed by atoms with Gasteiger partial charge in [-0.05, 0) is 55.3 Å². The second-order valence-corrected chi connectivity index (χ2v) is 8.97. The summed E-state index contributed by atoms with van der Waals surface area (Å²) in [5.74, 6) is 1.30. The molecule has 33 heavy (non-hydrogen) atoms. The Hall–Kier alpha value is -3.45. The van der Waals surface area contributed by atoms with E-state index >= 15 is 0 Å². The zero-order valence-corrected chi connectivity index (χ0v) is 19.9. The summed E-state index contributed by atoms with van der Waals surface area (Å²) in [6.45, 7) is 4.06. The molecule has 0 spiro atoms. The fraction of sp³-hybridized carbons (Fsp3) is 0.231. The number of nitrogens with zero attached hydrogens (tertiary/aromatic N) is 1. The highest BCUT2D eigenvalue weighted by Gasteiger charge is 2.34. The van der Waals surface area contributed by atoms with Crippen LogP contribution >= 0.6 is 11.8 Å². The minimum absolute atomic E-state index is 0.0786. The van der Waals surface area contributed by atoms with E-state index < -0.39 is 0 Å². The van der Waals surface area contributed by atoms with Gasteiger partial charge in [0.2, 0.25) is 5.91 Å². The average Bonchev–Trinajstić information content (AvgIpc) is 3.20. The Morgan fingerprint density at radius 3 is 2.39 bits per heavy atom. The Balaban J connectivity index is 1.60. The Bertz CT molecular complexity index is 1190. The zero-order chi connectivity index (χ0) is 23.5. The molecule has 1 saturated heterocycles. The first kappa shape index (κ1) is 22.7. The molecule has 0 aliphatic carbocycles. The van der Waals surface area contributed by atoms with Crippen molar-refractivity contribution in [2.45, 2.75) is 19.2 Å². The lowest BCUT2D eigenvalue weighted by atomic mass is 10.1. The van der Waals surface area contributed by atoms with Crippen molar-refractivity contribution in [1.29, 1.82) is 0 Å².